The molecule has 0 atom stereocenters. The lowest BCUT2D eigenvalue weighted by Gasteiger charge is -2.06. The van der Waals surface area contributed by atoms with E-state index in [-0.39, 0.29) is 17.4 Å². The minimum atomic E-state index is -0.280. The first-order valence-corrected chi connectivity index (χ1v) is 8.71. The monoisotopic (exact) mass is 346 g/mol. The minimum Gasteiger partial charge on any atom is -0.481 e. The molecule has 0 unspecified atom stereocenters. The van der Waals surface area contributed by atoms with Gasteiger partial charge < -0.3 is 20.3 Å². The van der Waals surface area contributed by atoms with Crippen LogP contribution in [-0.4, -0.2) is 29.7 Å². The molecule has 136 valence electrons. The normalized spacial score (nSPS) is 10.6. The molecule has 0 radical (unpaired) electrons. The number of nitrogens with one attached hydrogen (secondary N) is 1. The van der Waals surface area contributed by atoms with Gasteiger partial charge in [0, 0.05) is 24.4 Å². The summed E-state index contributed by atoms with van der Waals surface area (Å²) in [6.45, 7) is 2.80. The number of nitrogens with zero attached hydrogens (tertiary/aromatic N) is 2. The average Bonchev–Trinajstić information content (AvgIpc) is 3.02. The summed E-state index contributed by atoms with van der Waals surface area (Å²) in [4.78, 5) is 16.6. The second-order valence-corrected chi connectivity index (χ2v) is 5.88. The van der Waals surface area contributed by atoms with Crippen LogP contribution < -0.4 is 15.8 Å². The van der Waals surface area contributed by atoms with Crippen molar-refractivity contribution in [1.29, 1.82) is 0 Å². The third-order valence-corrected chi connectivity index (χ3v) is 3.98. The molecule has 2 aromatic rings. The number of anilines is 1. The smallest absolute Gasteiger partial charge is 0.259 e. The standard InChI is InChI=1S/C18H26N4O3/c1-3-4-5-6-7-8-11-20-18(23)15-16(22-25-17(15)19)13-9-10-14(24-2)21-12-13/h9-10,12H,3-8,11,19H2,1-2H3,(H,20,23). The Morgan fingerprint density at radius 1 is 1.24 bits per heavy atom. The number of hydrogen-bond donors (Lipinski definition) is 2. The number of nitrogens with two attached hydrogens (primary N) is 1. The van der Waals surface area contributed by atoms with Crippen molar-refractivity contribution in [2.45, 2.75) is 45.4 Å². The summed E-state index contributed by atoms with van der Waals surface area (Å²) in [6, 6.07) is 3.45. The summed E-state index contributed by atoms with van der Waals surface area (Å²) in [5.74, 6) is 0.207. The molecule has 0 aliphatic carbocycles. The van der Waals surface area contributed by atoms with Crippen LogP contribution in [0.25, 0.3) is 11.3 Å². The SMILES string of the molecule is CCCCCCCCNC(=O)c1c(-c2ccc(OC)nc2)noc1N. The van der Waals surface area contributed by atoms with Crippen molar-refractivity contribution in [2.75, 3.05) is 19.4 Å². The van der Waals surface area contributed by atoms with E-state index in [0.717, 1.165) is 12.8 Å². The zero-order valence-electron chi connectivity index (χ0n) is 14.9. The lowest BCUT2D eigenvalue weighted by atomic mass is 10.1. The second-order valence-electron chi connectivity index (χ2n) is 5.88. The molecular formula is C18H26N4O3. The number of nitrogen functional groups attached to an aromatic ring is 1. The molecule has 2 heterocycles. The maximum atomic E-state index is 12.4. The molecule has 0 aliphatic heterocycles. The van der Waals surface area contributed by atoms with Gasteiger partial charge in [0.05, 0.1) is 7.11 Å². The van der Waals surface area contributed by atoms with Crippen LogP contribution in [-0.2, 0) is 0 Å². The number of methoxy groups -OCH3 is 1. The van der Waals surface area contributed by atoms with Crippen LogP contribution >= 0.6 is 0 Å². The molecule has 2 rings (SSSR count). The lowest BCUT2D eigenvalue weighted by molar-refractivity contribution is 0.0954. The number of aromatic nitrogens is 2. The van der Waals surface area contributed by atoms with Crippen molar-refractivity contribution < 1.29 is 14.1 Å². The van der Waals surface area contributed by atoms with E-state index < -0.39 is 0 Å². The number of carbonyl (C=O) groups excluding carboxylic acids is 1. The van der Waals surface area contributed by atoms with E-state index in [9.17, 15) is 4.79 Å². The molecule has 7 nitrogen and oxygen atoms in total. The zero-order chi connectivity index (χ0) is 18.1. The topological polar surface area (TPSA) is 103 Å². The number of amides is 1. The predicted octanol–water partition coefficient (Wildman–Crippen LogP) is 3.42. The van der Waals surface area contributed by atoms with Crippen LogP contribution in [0.2, 0.25) is 0 Å². The second kappa shape index (κ2) is 9.66. The number of hydrogen-bond acceptors (Lipinski definition) is 6. The van der Waals surface area contributed by atoms with Crippen LogP contribution in [0.1, 0.15) is 55.8 Å². The van der Waals surface area contributed by atoms with E-state index in [1.54, 1.807) is 18.3 Å². The Hall–Kier alpha value is -2.57. The predicted molar refractivity (Wildman–Crippen MR) is 96.4 cm³/mol. The largest absolute Gasteiger partial charge is 0.481 e. The van der Waals surface area contributed by atoms with E-state index in [1.165, 1.54) is 32.8 Å². The van der Waals surface area contributed by atoms with Crippen LogP contribution in [0, 0.1) is 0 Å². The maximum Gasteiger partial charge on any atom is 0.259 e. The fourth-order valence-corrected chi connectivity index (χ4v) is 2.56. The van der Waals surface area contributed by atoms with Gasteiger partial charge in [-0.3, -0.25) is 4.79 Å². The van der Waals surface area contributed by atoms with Gasteiger partial charge in [-0.1, -0.05) is 44.2 Å². The van der Waals surface area contributed by atoms with E-state index >= 15 is 0 Å². The van der Waals surface area contributed by atoms with Crippen molar-refractivity contribution in [3.63, 3.8) is 0 Å². The van der Waals surface area contributed by atoms with Crippen molar-refractivity contribution >= 4 is 11.8 Å². The minimum absolute atomic E-state index is 0.00580. The fraction of sp³-hybridized carbons (Fsp3) is 0.500. The lowest BCUT2D eigenvalue weighted by Crippen LogP contribution is -2.25. The van der Waals surface area contributed by atoms with Gasteiger partial charge in [-0.15, -0.1) is 0 Å². The van der Waals surface area contributed by atoms with Crippen molar-refractivity contribution in [3.8, 4) is 17.1 Å². The van der Waals surface area contributed by atoms with Gasteiger partial charge in [-0.05, 0) is 12.5 Å². The first-order chi connectivity index (χ1) is 12.2. The number of unbranched alkanes of at least 4 members (excludes halogenated alkanes) is 5. The molecule has 1 amide bonds. The molecule has 0 spiro atoms. The van der Waals surface area contributed by atoms with E-state index in [4.69, 9.17) is 15.0 Å². The Kier molecular flexibility index (Phi) is 7.25. The molecule has 3 N–H and O–H groups in total. The number of ether oxygens (including phenoxy) is 1. The van der Waals surface area contributed by atoms with Gasteiger partial charge in [0.25, 0.3) is 5.91 Å². The van der Waals surface area contributed by atoms with Gasteiger partial charge in [0.2, 0.25) is 11.8 Å². The summed E-state index contributed by atoms with van der Waals surface area (Å²) in [5.41, 5.74) is 7.06. The van der Waals surface area contributed by atoms with Gasteiger partial charge >= 0.3 is 0 Å². The number of carbonyl (C=O) groups is 1. The van der Waals surface area contributed by atoms with Crippen LogP contribution in [0.5, 0.6) is 5.88 Å². The molecule has 7 heteroatoms. The zero-order valence-corrected chi connectivity index (χ0v) is 14.9. The highest BCUT2D eigenvalue weighted by Crippen LogP contribution is 2.27. The Morgan fingerprint density at radius 2 is 2.00 bits per heavy atom. The molecule has 25 heavy (non-hydrogen) atoms. The first-order valence-electron chi connectivity index (χ1n) is 8.71. The molecule has 0 aliphatic rings. The highest BCUT2D eigenvalue weighted by Gasteiger charge is 2.22. The summed E-state index contributed by atoms with van der Waals surface area (Å²) in [6.07, 6.45) is 8.56. The summed E-state index contributed by atoms with van der Waals surface area (Å²) >= 11 is 0. The fourth-order valence-electron chi connectivity index (χ4n) is 2.56. The van der Waals surface area contributed by atoms with Gasteiger partial charge in [-0.2, -0.15) is 0 Å². The number of pyridine rings is 1. The van der Waals surface area contributed by atoms with Gasteiger partial charge in [0.1, 0.15) is 11.3 Å². The quantitative estimate of drug-likeness (QED) is 0.639. The van der Waals surface area contributed by atoms with E-state index in [1.807, 2.05) is 0 Å². The third kappa shape index (κ3) is 5.20. The summed E-state index contributed by atoms with van der Waals surface area (Å²) in [7, 11) is 1.54. The average molecular weight is 346 g/mol. The van der Waals surface area contributed by atoms with Gasteiger partial charge in [-0.25, -0.2) is 4.98 Å². The van der Waals surface area contributed by atoms with Crippen LogP contribution in [0.15, 0.2) is 22.9 Å². The summed E-state index contributed by atoms with van der Waals surface area (Å²) in [5, 5.41) is 6.78. The van der Waals surface area contributed by atoms with Crippen molar-refractivity contribution in [2.24, 2.45) is 0 Å². The summed E-state index contributed by atoms with van der Waals surface area (Å²) < 4.78 is 10.0. The molecule has 0 bridgehead atoms. The molecule has 0 saturated heterocycles. The third-order valence-electron chi connectivity index (χ3n) is 3.98. The van der Waals surface area contributed by atoms with Gasteiger partial charge in [0.15, 0.2) is 0 Å². The molecular weight excluding hydrogens is 320 g/mol. The highest BCUT2D eigenvalue weighted by molar-refractivity contribution is 6.03. The Bertz CT molecular complexity index is 667. The van der Waals surface area contributed by atoms with Crippen molar-refractivity contribution in [3.05, 3.63) is 23.9 Å². The van der Waals surface area contributed by atoms with Crippen molar-refractivity contribution in [1.82, 2.24) is 15.5 Å². The Morgan fingerprint density at radius 3 is 2.68 bits per heavy atom. The van der Waals surface area contributed by atoms with Crippen LogP contribution in [0.3, 0.4) is 0 Å². The van der Waals surface area contributed by atoms with E-state index in [0.29, 0.717) is 23.7 Å². The highest BCUT2D eigenvalue weighted by atomic mass is 16.5. The molecule has 0 saturated carbocycles. The van der Waals surface area contributed by atoms with E-state index in [2.05, 4.69) is 22.4 Å². The molecule has 2 aromatic heterocycles. The van der Waals surface area contributed by atoms with Crippen LogP contribution in [0.4, 0.5) is 5.88 Å². The first kappa shape index (κ1) is 18.8. The number of rotatable bonds is 10. The Labute approximate surface area is 147 Å². The molecule has 0 aromatic carbocycles. The maximum absolute atomic E-state index is 12.4. The molecule has 0 fully saturated rings. The Balaban J connectivity index is 1.94.